The number of aryl methyl sites for hydroxylation is 2. The van der Waals surface area contributed by atoms with E-state index in [2.05, 4.69) is 27.8 Å². The van der Waals surface area contributed by atoms with Gasteiger partial charge in [-0.2, -0.15) is 0 Å². The summed E-state index contributed by atoms with van der Waals surface area (Å²) in [5, 5.41) is 1.43. The first kappa shape index (κ1) is 13.8. The Morgan fingerprint density at radius 3 is 2.83 bits per heavy atom. The van der Waals surface area contributed by atoms with E-state index in [4.69, 9.17) is 17.3 Å². The van der Waals surface area contributed by atoms with Gasteiger partial charge in [0.05, 0.1) is 5.69 Å². The van der Waals surface area contributed by atoms with E-state index in [0.29, 0.717) is 5.13 Å². The summed E-state index contributed by atoms with van der Waals surface area (Å²) in [6.45, 7) is 4.09. The lowest BCUT2D eigenvalue weighted by Gasteiger charge is -2.07. The fraction of sp³-hybridized carbons (Fsp3) is 0.308. The van der Waals surface area contributed by atoms with Crippen LogP contribution in [0.5, 0.6) is 0 Å². The smallest absolute Gasteiger partial charge is 0.180 e. The van der Waals surface area contributed by atoms with Crippen molar-refractivity contribution in [2.45, 2.75) is 26.7 Å². The highest BCUT2D eigenvalue weighted by Crippen LogP contribution is 2.30. The first-order chi connectivity index (χ1) is 8.51. The van der Waals surface area contributed by atoms with Gasteiger partial charge >= 0.3 is 0 Å². The number of benzene rings is 1. The Labute approximate surface area is 124 Å². The maximum Gasteiger partial charge on any atom is 0.180 e. The zero-order valence-corrected chi connectivity index (χ0v) is 13.4. The highest BCUT2D eigenvalue weighted by Gasteiger charge is 2.11. The zero-order chi connectivity index (χ0) is 13.3. The molecule has 1 aromatic heterocycles. The van der Waals surface area contributed by atoms with Gasteiger partial charge in [0.15, 0.2) is 5.13 Å². The molecule has 0 saturated heterocycles. The average Bonchev–Trinajstić information content (AvgIpc) is 2.66. The van der Waals surface area contributed by atoms with E-state index in [0.717, 1.165) is 33.6 Å². The first-order valence-corrected chi connectivity index (χ1v) is 7.68. The van der Waals surface area contributed by atoms with Crippen LogP contribution in [-0.4, -0.2) is 4.98 Å². The molecule has 0 radical (unpaired) electrons. The molecule has 2 rings (SSSR count). The molecule has 1 aromatic carbocycles. The van der Waals surface area contributed by atoms with Crippen molar-refractivity contribution in [3.05, 3.63) is 43.3 Å². The number of halogens is 2. The molecular weight excluding hydrogens is 332 g/mol. The van der Waals surface area contributed by atoms with Crippen LogP contribution in [0, 0.1) is 6.92 Å². The highest BCUT2D eigenvalue weighted by atomic mass is 79.9. The standard InChI is InChI=1S/C13H14BrClN2S/c1-3-11-12(18-13(16)17-11)6-8-5-10(15)7(2)4-9(8)14/h4-5H,3,6H2,1-2H3,(H2,16,17). The molecule has 0 bridgehead atoms. The number of thiazole rings is 1. The fourth-order valence-electron chi connectivity index (χ4n) is 1.81. The Balaban J connectivity index is 2.36. The van der Waals surface area contributed by atoms with Crippen LogP contribution in [0.15, 0.2) is 16.6 Å². The minimum absolute atomic E-state index is 0.635. The van der Waals surface area contributed by atoms with Gasteiger partial charge < -0.3 is 5.73 Å². The Morgan fingerprint density at radius 1 is 1.44 bits per heavy atom. The van der Waals surface area contributed by atoms with Crippen LogP contribution in [0.3, 0.4) is 0 Å². The average molecular weight is 346 g/mol. The molecule has 2 aromatic rings. The van der Waals surface area contributed by atoms with Gasteiger partial charge in [-0.3, -0.25) is 0 Å². The summed E-state index contributed by atoms with van der Waals surface area (Å²) in [5.41, 5.74) is 9.10. The summed E-state index contributed by atoms with van der Waals surface area (Å²) in [7, 11) is 0. The third-order valence-electron chi connectivity index (χ3n) is 2.81. The van der Waals surface area contributed by atoms with Gasteiger partial charge in [0.1, 0.15) is 0 Å². The van der Waals surface area contributed by atoms with Crippen LogP contribution in [0.2, 0.25) is 5.02 Å². The third kappa shape index (κ3) is 2.87. The van der Waals surface area contributed by atoms with E-state index < -0.39 is 0 Å². The van der Waals surface area contributed by atoms with E-state index in [1.54, 1.807) is 11.3 Å². The Hall–Kier alpha value is -0.580. The van der Waals surface area contributed by atoms with Crippen molar-refractivity contribution in [3.8, 4) is 0 Å². The zero-order valence-electron chi connectivity index (χ0n) is 10.3. The number of hydrogen-bond acceptors (Lipinski definition) is 3. The van der Waals surface area contributed by atoms with Crippen molar-refractivity contribution >= 4 is 44.0 Å². The quantitative estimate of drug-likeness (QED) is 0.882. The molecule has 0 aliphatic rings. The maximum absolute atomic E-state index is 6.17. The van der Waals surface area contributed by atoms with Gasteiger partial charge in [-0.1, -0.05) is 34.5 Å². The SMILES string of the molecule is CCc1nc(N)sc1Cc1cc(Cl)c(C)cc1Br. The highest BCUT2D eigenvalue weighted by molar-refractivity contribution is 9.10. The molecule has 2 N–H and O–H groups in total. The van der Waals surface area contributed by atoms with Gasteiger partial charge in [-0.15, -0.1) is 11.3 Å². The molecule has 96 valence electrons. The number of rotatable bonds is 3. The second-order valence-corrected chi connectivity index (χ2v) is 6.52. The molecule has 0 unspecified atom stereocenters. The number of anilines is 1. The van der Waals surface area contributed by atoms with Crippen LogP contribution >= 0.6 is 38.9 Å². The summed E-state index contributed by atoms with van der Waals surface area (Å²) in [5.74, 6) is 0. The molecule has 2 nitrogen and oxygen atoms in total. The van der Waals surface area contributed by atoms with Crippen molar-refractivity contribution in [1.82, 2.24) is 4.98 Å². The minimum Gasteiger partial charge on any atom is -0.375 e. The molecule has 0 saturated carbocycles. The lowest BCUT2D eigenvalue weighted by Crippen LogP contribution is -1.93. The van der Waals surface area contributed by atoms with Crippen molar-refractivity contribution in [3.63, 3.8) is 0 Å². The monoisotopic (exact) mass is 344 g/mol. The van der Waals surface area contributed by atoms with Gasteiger partial charge in [0.25, 0.3) is 0 Å². The topological polar surface area (TPSA) is 38.9 Å². The summed E-state index contributed by atoms with van der Waals surface area (Å²) < 4.78 is 1.08. The first-order valence-electron chi connectivity index (χ1n) is 5.69. The van der Waals surface area contributed by atoms with Crippen molar-refractivity contribution < 1.29 is 0 Å². The molecule has 1 heterocycles. The third-order valence-corrected chi connectivity index (χ3v) is 4.88. The number of nitrogens with zero attached hydrogens (tertiary/aromatic N) is 1. The van der Waals surface area contributed by atoms with Gasteiger partial charge in [0.2, 0.25) is 0 Å². The van der Waals surface area contributed by atoms with Crippen LogP contribution in [0.4, 0.5) is 5.13 Å². The van der Waals surface area contributed by atoms with Crippen LogP contribution in [0.1, 0.15) is 28.6 Å². The van der Waals surface area contributed by atoms with Crippen LogP contribution in [0.25, 0.3) is 0 Å². The Bertz CT molecular complexity index is 581. The van der Waals surface area contributed by atoms with E-state index in [-0.39, 0.29) is 0 Å². The van der Waals surface area contributed by atoms with Gasteiger partial charge in [0, 0.05) is 20.8 Å². The predicted octanol–water partition coefficient (Wildman–Crippen LogP) is 4.60. The van der Waals surface area contributed by atoms with E-state index in [9.17, 15) is 0 Å². The van der Waals surface area contributed by atoms with Crippen LogP contribution in [-0.2, 0) is 12.8 Å². The van der Waals surface area contributed by atoms with E-state index >= 15 is 0 Å². The number of hydrogen-bond donors (Lipinski definition) is 1. The Kier molecular flexibility index (Phi) is 4.30. The van der Waals surface area contributed by atoms with Crippen molar-refractivity contribution in [2.75, 3.05) is 5.73 Å². The van der Waals surface area contributed by atoms with Crippen molar-refractivity contribution in [1.29, 1.82) is 0 Å². The maximum atomic E-state index is 6.17. The molecule has 5 heteroatoms. The second kappa shape index (κ2) is 5.59. The lowest BCUT2D eigenvalue weighted by molar-refractivity contribution is 1.02. The molecule has 0 atom stereocenters. The predicted molar refractivity (Wildman–Crippen MR) is 82.6 cm³/mol. The van der Waals surface area contributed by atoms with Gasteiger partial charge in [-0.25, -0.2) is 4.98 Å². The normalized spacial score (nSPS) is 10.9. The molecular formula is C13H14BrClN2S. The van der Waals surface area contributed by atoms with Gasteiger partial charge in [-0.05, 0) is 36.6 Å². The molecule has 18 heavy (non-hydrogen) atoms. The largest absolute Gasteiger partial charge is 0.375 e. The Morgan fingerprint density at radius 2 is 2.17 bits per heavy atom. The molecule has 0 amide bonds. The van der Waals surface area contributed by atoms with E-state index in [1.807, 2.05) is 19.1 Å². The van der Waals surface area contributed by atoms with Crippen molar-refractivity contribution in [2.24, 2.45) is 0 Å². The molecule has 0 fully saturated rings. The second-order valence-electron chi connectivity index (χ2n) is 4.15. The summed E-state index contributed by atoms with van der Waals surface area (Å²) in [6.07, 6.45) is 1.72. The summed E-state index contributed by atoms with van der Waals surface area (Å²) in [6, 6.07) is 4.06. The number of aromatic nitrogens is 1. The number of nitrogens with two attached hydrogens (primary N) is 1. The molecule has 0 aliphatic heterocycles. The number of nitrogen functional groups attached to an aromatic ring is 1. The summed E-state index contributed by atoms with van der Waals surface area (Å²) >= 11 is 11.3. The lowest BCUT2D eigenvalue weighted by atomic mass is 10.1. The van der Waals surface area contributed by atoms with Crippen LogP contribution < -0.4 is 5.73 Å². The summed E-state index contributed by atoms with van der Waals surface area (Å²) in [4.78, 5) is 5.56. The fourth-order valence-corrected chi connectivity index (χ4v) is 3.54. The molecule has 0 spiro atoms. The minimum atomic E-state index is 0.635. The molecule has 0 aliphatic carbocycles. The van der Waals surface area contributed by atoms with E-state index in [1.165, 1.54) is 10.4 Å².